The minimum atomic E-state index is -0.490. The van der Waals surface area contributed by atoms with Crippen LogP contribution in [0.25, 0.3) is 11.2 Å². The Morgan fingerprint density at radius 3 is 2.73 bits per heavy atom. The molecule has 2 aromatic heterocycles. The molecule has 0 atom stereocenters. The summed E-state index contributed by atoms with van der Waals surface area (Å²) in [5, 5.41) is 2.77. The molecule has 0 saturated carbocycles. The zero-order valence-electron chi connectivity index (χ0n) is 14.8. The van der Waals surface area contributed by atoms with Crippen LogP contribution in [-0.2, 0) is 25.4 Å². The summed E-state index contributed by atoms with van der Waals surface area (Å²) in [4.78, 5) is 40.5. The molecule has 1 amide bonds. The van der Waals surface area contributed by atoms with Crippen LogP contribution >= 0.6 is 0 Å². The van der Waals surface area contributed by atoms with Crippen molar-refractivity contribution in [1.82, 2.24) is 24.0 Å². The maximum Gasteiger partial charge on any atom is 0.332 e. The van der Waals surface area contributed by atoms with Crippen molar-refractivity contribution in [3.05, 3.63) is 63.7 Å². The summed E-state index contributed by atoms with van der Waals surface area (Å²) in [5.41, 5.74) is 5.88. The second kappa shape index (κ2) is 8.15. The van der Waals surface area contributed by atoms with Gasteiger partial charge in [-0.15, -0.1) is 0 Å². The number of hydrogen-bond donors (Lipinski definition) is 2. The van der Waals surface area contributed by atoms with E-state index in [2.05, 4.69) is 16.9 Å². The van der Waals surface area contributed by atoms with Crippen LogP contribution in [0.2, 0.25) is 0 Å². The molecule has 0 radical (unpaired) electrons. The summed E-state index contributed by atoms with van der Waals surface area (Å²) in [6, 6.07) is 0. The topological polar surface area (TPSA) is 117 Å². The van der Waals surface area contributed by atoms with E-state index in [9.17, 15) is 14.4 Å². The maximum atomic E-state index is 12.3. The molecule has 2 aromatic rings. The predicted octanol–water partition coefficient (Wildman–Crippen LogP) is -0.475. The van der Waals surface area contributed by atoms with Gasteiger partial charge in [-0.05, 0) is 18.2 Å². The van der Waals surface area contributed by atoms with Crippen molar-refractivity contribution in [2.45, 2.75) is 13.0 Å². The summed E-state index contributed by atoms with van der Waals surface area (Å²) < 4.78 is 3.70. The number of allylic oxidation sites excluding steroid dienone is 3. The maximum absolute atomic E-state index is 12.3. The Morgan fingerprint density at radius 2 is 2.08 bits per heavy atom. The Balaban J connectivity index is 2.11. The molecule has 0 aliphatic carbocycles. The van der Waals surface area contributed by atoms with Crippen LogP contribution in [-0.4, -0.2) is 31.1 Å². The lowest BCUT2D eigenvalue weighted by Gasteiger charge is -2.08. The van der Waals surface area contributed by atoms with Crippen LogP contribution in [0.1, 0.15) is 6.42 Å². The van der Waals surface area contributed by atoms with Crippen LogP contribution in [0.3, 0.4) is 0 Å². The van der Waals surface area contributed by atoms with Crippen molar-refractivity contribution in [3.8, 4) is 0 Å². The first kappa shape index (κ1) is 19.0. The largest absolute Gasteiger partial charge is 0.404 e. The highest BCUT2D eigenvalue weighted by molar-refractivity contribution is 5.78. The first-order valence-electron chi connectivity index (χ1n) is 7.98. The molecule has 9 heteroatoms. The van der Waals surface area contributed by atoms with Crippen LogP contribution in [0.5, 0.6) is 0 Å². The van der Waals surface area contributed by atoms with Crippen molar-refractivity contribution in [2.75, 3.05) is 6.54 Å². The molecule has 0 saturated heterocycles. The van der Waals surface area contributed by atoms with Crippen molar-refractivity contribution in [2.24, 2.45) is 19.8 Å². The average molecular weight is 358 g/mol. The number of nitrogens with two attached hydrogens (primary N) is 1. The second-order valence-corrected chi connectivity index (χ2v) is 5.69. The van der Waals surface area contributed by atoms with E-state index in [4.69, 9.17) is 5.73 Å². The first-order chi connectivity index (χ1) is 12.4. The summed E-state index contributed by atoms with van der Waals surface area (Å²) in [7, 11) is 2.91. The number of amides is 1. The molecule has 2 heterocycles. The number of rotatable bonds is 7. The number of nitrogens with zero attached hydrogens (tertiary/aromatic N) is 4. The molecular weight excluding hydrogens is 336 g/mol. The van der Waals surface area contributed by atoms with Gasteiger partial charge in [-0.3, -0.25) is 18.7 Å². The molecule has 2 rings (SSSR count). The van der Waals surface area contributed by atoms with Crippen LogP contribution in [0.15, 0.2) is 52.5 Å². The van der Waals surface area contributed by atoms with Gasteiger partial charge in [0.1, 0.15) is 6.54 Å². The lowest BCUT2D eigenvalue weighted by molar-refractivity contribution is -0.121. The van der Waals surface area contributed by atoms with E-state index >= 15 is 0 Å². The third-order valence-corrected chi connectivity index (χ3v) is 3.93. The van der Waals surface area contributed by atoms with Gasteiger partial charge < -0.3 is 15.6 Å². The summed E-state index contributed by atoms with van der Waals surface area (Å²) in [5.74, 6) is -0.274. The standard InChI is InChI=1S/C17H22N6O3/c1-4-5-6-12(9-18)7-8-19-13(24)10-23-11-20-15-14(23)16(25)22(3)17(26)21(15)2/h4-6,9,11H,1,7-8,10,18H2,2-3H3,(H,19,24)/b6-5-,12-9+. The number of fused-ring (bicyclic) bond motifs is 1. The van der Waals surface area contributed by atoms with Gasteiger partial charge in [0.05, 0.1) is 6.33 Å². The summed E-state index contributed by atoms with van der Waals surface area (Å²) in [6.07, 6.45) is 8.63. The van der Waals surface area contributed by atoms with E-state index in [-0.39, 0.29) is 23.6 Å². The fourth-order valence-corrected chi connectivity index (χ4v) is 2.49. The first-order valence-corrected chi connectivity index (χ1v) is 7.98. The molecule has 3 N–H and O–H groups in total. The zero-order chi connectivity index (χ0) is 19.3. The molecule has 138 valence electrons. The van der Waals surface area contributed by atoms with Crippen molar-refractivity contribution < 1.29 is 4.79 Å². The fourth-order valence-electron chi connectivity index (χ4n) is 2.49. The number of hydrogen-bond acceptors (Lipinski definition) is 5. The van der Waals surface area contributed by atoms with Crippen molar-refractivity contribution in [3.63, 3.8) is 0 Å². The van der Waals surface area contributed by atoms with Gasteiger partial charge in [0, 0.05) is 20.6 Å². The van der Waals surface area contributed by atoms with E-state index in [0.717, 1.165) is 10.1 Å². The Bertz CT molecular complexity index is 1010. The summed E-state index contributed by atoms with van der Waals surface area (Å²) >= 11 is 0. The highest BCUT2D eigenvalue weighted by atomic mass is 16.2. The van der Waals surface area contributed by atoms with Crippen molar-refractivity contribution in [1.29, 1.82) is 0 Å². The van der Waals surface area contributed by atoms with Crippen molar-refractivity contribution >= 4 is 17.1 Å². The molecule has 0 fully saturated rings. The molecular formula is C17H22N6O3. The van der Waals surface area contributed by atoms with Crippen LogP contribution in [0.4, 0.5) is 0 Å². The zero-order valence-corrected chi connectivity index (χ0v) is 14.8. The Kier molecular flexibility index (Phi) is 5.94. The quantitative estimate of drug-likeness (QED) is 0.649. The van der Waals surface area contributed by atoms with Gasteiger partial charge in [0.25, 0.3) is 5.56 Å². The molecule has 0 unspecified atom stereocenters. The minimum Gasteiger partial charge on any atom is -0.404 e. The normalized spacial score (nSPS) is 12.0. The van der Waals surface area contributed by atoms with Gasteiger partial charge >= 0.3 is 5.69 Å². The molecule has 26 heavy (non-hydrogen) atoms. The van der Waals surface area contributed by atoms with Gasteiger partial charge in [-0.1, -0.05) is 24.8 Å². The third-order valence-electron chi connectivity index (χ3n) is 3.93. The second-order valence-electron chi connectivity index (χ2n) is 5.69. The smallest absolute Gasteiger partial charge is 0.332 e. The minimum absolute atomic E-state index is 0.0753. The number of carbonyl (C=O) groups excluding carboxylic acids is 1. The van der Waals surface area contributed by atoms with E-state index in [0.29, 0.717) is 13.0 Å². The number of aryl methyl sites for hydroxylation is 1. The molecule has 0 bridgehead atoms. The lowest BCUT2D eigenvalue weighted by Crippen LogP contribution is -2.38. The molecule has 0 aliphatic rings. The predicted molar refractivity (Wildman–Crippen MR) is 99.4 cm³/mol. The van der Waals surface area contributed by atoms with Crippen LogP contribution < -0.4 is 22.3 Å². The van der Waals surface area contributed by atoms with E-state index in [1.807, 2.05) is 6.08 Å². The number of aromatic nitrogens is 4. The fraction of sp³-hybridized carbons (Fsp3) is 0.294. The SMILES string of the molecule is C=C/C=C\C(=C/N)CCNC(=O)Cn1cnc2c1c(=O)n(C)c(=O)n2C. The molecule has 9 nitrogen and oxygen atoms in total. The Labute approximate surface area is 149 Å². The number of carbonyl (C=O) groups is 1. The van der Waals surface area contributed by atoms with Gasteiger partial charge in [-0.2, -0.15) is 0 Å². The van der Waals surface area contributed by atoms with E-state index in [1.165, 1.54) is 35.8 Å². The molecule has 0 spiro atoms. The molecule has 0 aliphatic heterocycles. The van der Waals surface area contributed by atoms with Gasteiger partial charge in [0.15, 0.2) is 11.2 Å². The van der Waals surface area contributed by atoms with E-state index < -0.39 is 11.2 Å². The third kappa shape index (κ3) is 3.82. The molecule has 0 aromatic carbocycles. The average Bonchev–Trinajstić information content (AvgIpc) is 3.04. The highest BCUT2D eigenvalue weighted by Crippen LogP contribution is 2.05. The Morgan fingerprint density at radius 1 is 1.35 bits per heavy atom. The highest BCUT2D eigenvalue weighted by Gasteiger charge is 2.15. The van der Waals surface area contributed by atoms with Crippen LogP contribution in [0, 0.1) is 0 Å². The van der Waals surface area contributed by atoms with Gasteiger partial charge in [-0.25, -0.2) is 9.78 Å². The lowest BCUT2D eigenvalue weighted by atomic mass is 10.2. The summed E-state index contributed by atoms with van der Waals surface area (Å²) in [6.45, 7) is 3.91. The number of imidazole rings is 1. The number of nitrogens with one attached hydrogen (secondary N) is 1. The Hall–Kier alpha value is -3.36. The monoisotopic (exact) mass is 358 g/mol. The van der Waals surface area contributed by atoms with Gasteiger partial charge in [0.2, 0.25) is 5.91 Å². The van der Waals surface area contributed by atoms with E-state index in [1.54, 1.807) is 12.2 Å².